The van der Waals surface area contributed by atoms with E-state index in [9.17, 15) is 38.4 Å². The van der Waals surface area contributed by atoms with E-state index in [1.165, 1.54) is 65.4 Å². The number of carboxylic acids is 2. The van der Waals surface area contributed by atoms with Crippen molar-refractivity contribution in [2.75, 3.05) is 54.6 Å². The molecule has 0 heterocycles. The molecule has 0 atom stereocenters. The quantitative estimate of drug-likeness (QED) is 0.170. The maximum absolute atomic E-state index is 11.5. The minimum atomic E-state index is -1.43. The number of carbonyl (C=O) groups is 8. The van der Waals surface area contributed by atoms with E-state index >= 15 is 0 Å². The fourth-order valence-electron chi connectivity index (χ4n) is 2.71. The lowest BCUT2D eigenvalue weighted by Gasteiger charge is -2.24. The second-order valence-electron chi connectivity index (χ2n) is 12.4. The van der Waals surface area contributed by atoms with E-state index < -0.39 is 63.4 Å². The summed E-state index contributed by atoms with van der Waals surface area (Å²) < 4.78 is 18.8. The van der Waals surface area contributed by atoms with Crippen LogP contribution in [0.3, 0.4) is 0 Å². The zero-order valence-electron chi connectivity index (χ0n) is 31.5. The lowest BCUT2D eigenvalue weighted by Crippen LogP contribution is -2.42. The van der Waals surface area contributed by atoms with Gasteiger partial charge in [0.25, 0.3) is 0 Å². The molecule has 0 rings (SSSR count). The molecule has 0 aromatic rings. The Morgan fingerprint density at radius 2 is 0.625 bits per heavy atom. The minimum absolute atomic E-state index is 0.204. The molecule has 280 valence electrons. The Kier molecular flexibility index (Phi) is 23.6. The highest BCUT2D eigenvalue weighted by molar-refractivity contribution is 6.02. The van der Waals surface area contributed by atoms with Crippen molar-refractivity contribution >= 4 is 47.6 Å². The van der Waals surface area contributed by atoms with Crippen LogP contribution in [0.1, 0.15) is 83.1 Å². The largest absolute Gasteiger partial charge is 0.480 e. The predicted octanol–water partition coefficient (Wildman–Crippen LogP) is 2.65. The summed E-state index contributed by atoms with van der Waals surface area (Å²) in [6, 6.07) is 0. The van der Waals surface area contributed by atoms with Gasteiger partial charge in [-0.2, -0.15) is 0 Å². The highest BCUT2D eigenvalue weighted by Gasteiger charge is 2.40. The van der Waals surface area contributed by atoms with Crippen molar-refractivity contribution in [3.05, 3.63) is 0 Å². The second-order valence-corrected chi connectivity index (χ2v) is 12.4. The third-order valence-corrected chi connectivity index (χ3v) is 6.09. The van der Waals surface area contributed by atoms with Crippen LogP contribution >= 0.6 is 0 Å². The number of esters is 4. The van der Waals surface area contributed by atoms with E-state index in [-0.39, 0.29) is 25.7 Å². The van der Waals surface area contributed by atoms with Crippen LogP contribution < -0.4 is 0 Å². The van der Waals surface area contributed by atoms with Crippen molar-refractivity contribution in [2.24, 2.45) is 21.7 Å². The number of hydrogen-bond donors (Lipinski definition) is 2. The second kappa shape index (κ2) is 22.4. The molecule has 0 saturated heterocycles. The van der Waals surface area contributed by atoms with Crippen molar-refractivity contribution in [3.63, 3.8) is 0 Å². The smallest absolute Gasteiger partial charge is 0.322 e. The molecule has 16 nitrogen and oxygen atoms in total. The van der Waals surface area contributed by atoms with Gasteiger partial charge in [-0.3, -0.25) is 38.4 Å². The highest BCUT2D eigenvalue weighted by atomic mass is 16.6. The van der Waals surface area contributed by atoms with Gasteiger partial charge in [0.2, 0.25) is 11.8 Å². The van der Waals surface area contributed by atoms with Crippen LogP contribution in [0.4, 0.5) is 0 Å². The summed E-state index contributed by atoms with van der Waals surface area (Å²) in [5, 5.41) is 17.2. The van der Waals surface area contributed by atoms with Crippen LogP contribution in [-0.2, 0) is 57.3 Å². The van der Waals surface area contributed by atoms with Crippen LogP contribution in [0, 0.1) is 21.7 Å². The minimum Gasteiger partial charge on any atom is -0.480 e. The first-order valence-electron chi connectivity index (χ1n) is 15.1. The van der Waals surface area contributed by atoms with Crippen molar-refractivity contribution in [1.29, 1.82) is 0 Å². The average molecular weight is 695 g/mol. The number of carboxylic acid groups (broad SMARTS) is 2. The monoisotopic (exact) mass is 694 g/mol. The summed E-state index contributed by atoms with van der Waals surface area (Å²) in [6.45, 7) is 19.3. The fourth-order valence-corrected chi connectivity index (χ4v) is 2.71. The summed E-state index contributed by atoms with van der Waals surface area (Å²) in [5.74, 6) is -5.19. The zero-order valence-corrected chi connectivity index (χ0v) is 31.5. The first-order chi connectivity index (χ1) is 21.5. The molecule has 0 bridgehead atoms. The Hall–Kier alpha value is -4.24. The van der Waals surface area contributed by atoms with Gasteiger partial charge in [0.15, 0.2) is 10.8 Å². The normalized spacial score (nSPS) is 10.8. The Balaban J connectivity index is -0.000000270. The number of carbonyl (C=O) groups excluding carboxylic acids is 6. The molecule has 0 aromatic heterocycles. The molecule has 2 amide bonds. The first kappa shape index (κ1) is 50.6. The van der Waals surface area contributed by atoms with E-state index in [2.05, 4.69) is 4.74 Å². The van der Waals surface area contributed by atoms with Crippen LogP contribution in [0.15, 0.2) is 0 Å². The van der Waals surface area contributed by atoms with Crippen LogP contribution in [0.2, 0.25) is 0 Å². The Bertz CT molecular complexity index is 1090. The number of amides is 2. The summed E-state index contributed by atoms with van der Waals surface area (Å²) in [7, 11) is 6.30. The Labute approximate surface area is 284 Å². The average Bonchev–Trinajstić information content (AvgIpc) is 2.97. The number of nitrogens with zero attached hydrogens (tertiary/aromatic N) is 2. The molecule has 0 aliphatic carbocycles. The number of ether oxygens (including phenoxy) is 4. The molecule has 2 N–H and O–H groups in total. The van der Waals surface area contributed by atoms with Gasteiger partial charge in [-0.05, 0) is 83.1 Å². The molecular formula is C32H58N2O14. The summed E-state index contributed by atoms with van der Waals surface area (Å²) in [6.07, 6.45) is 0. The molecular weight excluding hydrogens is 636 g/mol. The van der Waals surface area contributed by atoms with Crippen molar-refractivity contribution in [1.82, 2.24) is 9.80 Å². The summed E-state index contributed by atoms with van der Waals surface area (Å²) in [5.41, 5.74) is -5.04. The molecule has 0 fully saturated rings. The lowest BCUT2D eigenvalue weighted by atomic mass is 9.92. The van der Waals surface area contributed by atoms with Crippen molar-refractivity contribution in [3.8, 4) is 0 Å². The molecule has 0 spiro atoms. The summed E-state index contributed by atoms with van der Waals surface area (Å²) in [4.78, 5) is 91.0. The highest BCUT2D eigenvalue weighted by Crippen LogP contribution is 2.21. The maximum atomic E-state index is 11.5. The van der Waals surface area contributed by atoms with Gasteiger partial charge in [-0.1, -0.05) is 0 Å². The zero-order chi connectivity index (χ0) is 39.4. The SMILES string of the molecule is CCOC(=O)C(C)(C)C(=O)N(C)C.CCOC(=O)C(C)(C)C(=O)O.CCOC(=O)C(C)(C)C(=O)OCC.CN(C)C(=O)C(C)(C)C(=O)O. The van der Waals surface area contributed by atoms with E-state index in [1.807, 2.05) is 0 Å². The van der Waals surface area contributed by atoms with Gasteiger partial charge < -0.3 is 39.0 Å². The van der Waals surface area contributed by atoms with E-state index in [4.69, 9.17) is 24.4 Å². The van der Waals surface area contributed by atoms with Crippen LogP contribution in [0.25, 0.3) is 0 Å². The van der Waals surface area contributed by atoms with Gasteiger partial charge in [0.05, 0.1) is 26.4 Å². The molecule has 0 saturated carbocycles. The number of hydrogen-bond acceptors (Lipinski definition) is 12. The molecule has 16 heteroatoms. The molecule has 0 aliphatic heterocycles. The van der Waals surface area contributed by atoms with Crippen molar-refractivity contribution in [2.45, 2.75) is 83.1 Å². The molecule has 0 aliphatic rings. The third-order valence-electron chi connectivity index (χ3n) is 6.09. The Morgan fingerprint density at radius 3 is 0.812 bits per heavy atom. The lowest BCUT2D eigenvalue weighted by molar-refractivity contribution is -0.170. The molecule has 0 unspecified atom stereocenters. The van der Waals surface area contributed by atoms with E-state index in [1.54, 1.807) is 55.6 Å². The first-order valence-corrected chi connectivity index (χ1v) is 15.1. The predicted molar refractivity (Wildman–Crippen MR) is 174 cm³/mol. The molecule has 0 radical (unpaired) electrons. The standard InChI is InChI=1S/C9H17NO3.C9H16O4.C7H13NO3.C7H12O4/c1-6-13-8(12)9(2,3)7(11)10(4)5;1-5-12-7(10)9(3,4)8(11)13-6-2;1-7(2,6(10)11)5(9)8(3)4;1-4-11-6(10)7(2,3)5(8)9/h6H2,1-5H3;5-6H2,1-4H3;1-4H3,(H,10,11);4H2,1-3H3,(H,8,9). The van der Waals surface area contributed by atoms with Gasteiger partial charge >= 0.3 is 35.8 Å². The van der Waals surface area contributed by atoms with Crippen LogP contribution in [0.5, 0.6) is 0 Å². The Morgan fingerprint density at radius 1 is 0.417 bits per heavy atom. The topological polar surface area (TPSA) is 220 Å². The van der Waals surface area contributed by atoms with Crippen LogP contribution in [-0.4, -0.2) is 122 Å². The summed E-state index contributed by atoms with van der Waals surface area (Å²) >= 11 is 0. The number of aliphatic carboxylic acids is 2. The van der Waals surface area contributed by atoms with Gasteiger partial charge in [-0.25, -0.2) is 0 Å². The van der Waals surface area contributed by atoms with Crippen molar-refractivity contribution < 1.29 is 67.5 Å². The van der Waals surface area contributed by atoms with E-state index in [0.29, 0.717) is 6.61 Å². The van der Waals surface area contributed by atoms with Gasteiger partial charge in [0.1, 0.15) is 10.8 Å². The van der Waals surface area contributed by atoms with Gasteiger partial charge in [-0.15, -0.1) is 0 Å². The molecule has 48 heavy (non-hydrogen) atoms. The van der Waals surface area contributed by atoms with Gasteiger partial charge in [0, 0.05) is 28.2 Å². The van der Waals surface area contributed by atoms with E-state index in [0.717, 1.165) is 0 Å². The maximum Gasteiger partial charge on any atom is 0.322 e. The third kappa shape index (κ3) is 17.1. The number of rotatable bonds is 12. The molecule has 0 aromatic carbocycles. The fraction of sp³-hybridized carbons (Fsp3) is 0.750.